The summed E-state index contributed by atoms with van der Waals surface area (Å²) in [4.78, 5) is 9.81. The molecule has 0 amide bonds. The molecule has 0 aliphatic heterocycles. The number of aromatic nitrogens is 1. The lowest BCUT2D eigenvalue weighted by Gasteiger charge is -2.01. The number of nitrogens with zero attached hydrogens (tertiary/aromatic N) is 2. The van der Waals surface area contributed by atoms with Crippen molar-refractivity contribution in [3.05, 3.63) is 53.9 Å². The van der Waals surface area contributed by atoms with Crippen molar-refractivity contribution in [2.45, 2.75) is 11.8 Å². The van der Waals surface area contributed by atoms with E-state index >= 15 is 0 Å². The highest BCUT2D eigenvalue weighted by Gasteiger charge is 2.00. The molecule has 2 rings (SSSR count). The number of benzene rings is 1. The maximum atomic E-state index is 5.93. The first-order chi connectivity index (χ1) is 8.69. The van der Waals surface area contributed by atoms with E-state index in [1.165, 1.54) is 4.90 Å². The molecule has 4 heteroatoms. The van der Waals surface area contributed by atoms with Crippen LogP contribution in [0.3, 0.4) is 0 Å². The van der Waals surface area contributed by atoms with E-state index in [0.717, 1.165) is 11.3 Å². The highest BCUT2D eigenvalue weighted by molar-refractivity contribution is 7.98. The second-order valence-electron chi connectivity index (χ2n) is 3.92. The Morgan fingerprint density at radius 3 is 2.44 bits per heavy atom. The van der Waals surface area contributed by atoms with Crippen LogP contribution in [0, 0.1) is 6.92 Å². The Labute approximate surface area is 111 Å². The van der Waals surface area contributed by atoms with E-state index < -0.39 is 0 Å². The first-order valence-electron chi connectivity index (χ1n) is 5.60. The predicted octanol–water partition coefficient (Wildman–Crippen LogP) is 3.15. The maximum Gasteiger partial charge on any atom is 0.150 e. The van der Waals surface area contributed by atoms with Crippen LogP contribution in [0.1, 0.15) is 11.3 Å². The van der Waals surface area contributed by atoms with Crippen LogP contribution in [0.15, 0.2) is 52.5 Å². The number of rotatable bonds is 3. The van der Waals surface area contributed by atoms with Crippen molar-refractivity contribution < 1.29 is 0 Å². The maximum absolute atomic E-state index is 5.93. The summed E-state index contributed by atoms with van der Waals surface area (Å²) in [6.07, 6.45) is 3.83. The van der Waals surface area contributed by atoms with Gasteiger partial charge in [-0.1, -0.05) is 6.07 Å². The number of hydrogen-bond donors (Lipinski definition) is 1. The molecule has 0 radical (unpaired) electrons. The largest absolute Gasteiger partial charge is 0.382 e. The number of aryl methyl sites for hydroxylation is 1. The minimum absolute atomic E-state index is 0.437. The molecule has 0 saturated carbocycles. The summed E-state index contributed by atoms with van der Waals surface area (Å²) in [5, 5.41) is 0. The van der Waals surface area contributed by atoms with E-state index in [0.29, 0.717) is 11.5 Å². The molecule has 18 heavy (non-hydrogen) atoms. The number of nitrogens with two attached hydrogens (primary N) is 1. The number of pyridine rings is 1. The minimum atomic E-state index is 0.437. The van der Waals surface area contributed by atoms with Crippen LogP contribution < -0.4 is 5.73 Å². The van der Waals surface area contributed by atoms with Gasteiger partial charge in [-0.15, -0.1) is 11.8 Å². The summed E-state index contributed by atoms with van der Waals surface area (Å²) >= 11 is 1.70. The van der Waals surface area contributed by atoms with Crippen LogP contribution in [0.5, 0.6) is 0 Å². The van der Waals surface area contributed by atoms with Crippen molar-refractivity contribution in [3.8, 4) is 0 Å². The standard InChI is InChI=1S/C14H15N3S/c1-10-3-8-13(16-9-10)14(15)17-11-4-6-12(18-2)7-5-11/h3-9H,1-2H3,(H2,15,17). The Kier molecular flexibility index (Phi) is 3.99. The number of aliphatic imine (C=N–C) groups is 1. The van der Waals surface area contributed by atoms with Crippen molar-refractivity contribution >= 4 is 23.3 Å². The van der Waals surface area contributed by atoms with Gasteiger partial charge in [-0.25, -0.2) is 4.99 Å². The van der Waals surface area contributed by atoms with Crippen LogP contribution in [-0.4, -0.2) is 17.1 Å². The van der Waals surface area contributed by atoms with Crippen molar-refractivity contribution in [3.63, 3.8) is 0 Å². The quantitative estimate of drug-likeness (QED) is 0.522. The number of amidine groups is 1. The predicted molar refractivity (Wildman–Crippen MR) is 77.6 cm³/mol. The number of hydrogen-bond acceptors (Lipinski definition) is 3. The molecule has 1 aromatic heterocycles. The molecule has 0 saturated heterocycles. The van der Waals surface area contributed by atoms with Gasteiger partial charge < -0.3 is 5.73 Å². The third-order valence-corrected chi connectivity index (χ3v) is 3.24. The van der Waals surface area contributed by atoms with E-state index in [2.05, 4.69) is 9.98 Å². The molecule has 0 atom stereocenters. The third-order valence-electron chi connectivity index (χ3n) is 2.50. The lowest BCUT2D eigenvalue weighted by Crippen LogP contribution is -2.14. The van der Waals surface area contributed by atoms with E-state index in [1.807, 2.05) is 49.6 Å². The second-order valence-corrected chi connectivity index (χ2v) is 4.80. The molecule has 0 bridgehead atoms. The molecule has 0 aliphatic rings. The summed E-state index contributed by atoms with van der Waals surface area (Å²) in [5.41, 5.74) is 8.58. The highest BCUT2D eigenvalue weighted by Crippen LogP contribution is 2.19. The molecule has 2 aromatic rings. The Morgan fingerprint density at radius 1 is 1.17 bits per heavy atom. The van der Waals surface area contributed by atoms with Crippen LogP contribution in [0.4, 0.5) is 5.69 Å². The van der Waals surface area contributed by atoms with E-state index in [9.17, 15) is 0 Å². The first-order valence-corrected chi connectivity index (χ1v) is 6.83. The van der Waals surface area contributed by atoms with Gasteiger partial charge in [-0.2, -0.15) is 0 Å². The van der Waals surface area contributed by atoms with Gasteiger partial charge in [0, 0.05) is 11.1 Å². The Balaban J connectivity index is 2.23. The van der Waals surface area contributed by atoms with Crippen LogP contribution in [-0.2, 0) is 0 Å². The molecule has 0 fully saturated rings. The van der Waals surface area contributed by atoms with Crippen molar-refractivity contribution in [1.82, 2.24) is 4.98 Å². The Hall–Kier alpha value is -1.81. The summed E-state index contributed by atoms with van der Waals surface area (Å²) in [5.74, 6) is 0.437. The van der Waals surface area contributed by atoms with Crippen molar-refractivity contribution in [1.29, 1.82) is 0 Å². The fourth-order valence-corrected chi connectivity index (χ4v) is 1.88. The molecule has 1 aromatic carbocycles. The average molecular weight is 257 g/mol. The van der Waals surface area contributed by atoms with E-state index in [-0.39, 0.29) is 0 Å². The topological polar surface area (TPSA) is 51.3 Å². The van der Waals surface area contributed by atoms with Gasteiger partial charge >= 0.3 is 0 Å². The van der Waals surface area contributed by atoms with Gasteiger partial charge in [0.1, 0.15) is 11.5 Å². The van der Waals surface area contributed by atoms with Crippen LogP contribution in [0.25, 0.3) is 0 Å². The summed E-state index contributed by atoms with van der Waals surface area (Å²) in [6.45, 7) is 1.99. The van der Waals surface area contributed by atoms with Gasteiger partial charge in [-0.05, 0) is 49.1 Å². The van der Waals surface area contributed by atoms with Crippen LogP contribution >= 0.6 is 11.8 Å². The SMILES string of the molecule is CSc1ccc(N=C(N)c2ccc(C)cn2)cc1. The van der Waals surface area contributed by atoms with E-state index in [1.54, 1.807) is 18.0 Å². The van der Waals surface area contributed by atoms with Crippen molar-refractivity contribution in [2.75, 3.05) is 6.26 Å². The summed E-state index contributed by atoms with van der Waals surface area (Å²) in [7, 11) is 0. The monoisotopic (exact) mass is 257 g/mol. The second kappa shape index (κ2) is 5.69. The summed E-state index contributed by atoms with van der Waals surface area (Å²) in [6, 6.07) is 11.8. The first kappa shape index (κ1) is 12.6. The highest BCUT2D eigenvalue weighted by atomic mass is 32.2. The van der Waals surface area contributed by atoms with Gasteiger partial charge in [0.2, 0.25) is 0 Å². The fourth-order valence-electron chi connectivity index (χ4n) is 1.47. The smallest absolute Gasteiger partial charge is 0.150 e. The fraction of sp³-hybridized carbons (Fsp3) is 0.143. The Morgan fingerprint density at radius 2 is 1.89 bits per heavy atom. The molecule has 2 N–H and O–H groups in total. The zero-order valence-corrected chi connectivity index (χ0v) is 11.2. The minimum Gasteiger partial charge on any atom is -0.382 e. The molecular weight excluding hydrogens is 242 g/mol. The third kappa shape index (κ3) is 3.11. The molecular formula is C14H15N3S. The van der Waals surface area contributed by atoms with Crippen molar-refractivity contribution in [2.24, 2.45) is 10.7 Å². The lowest BCUT2D eigenvalue weighted by atomic mass is 10.2. The van der Waals surface area contributed by atoms with E-state index in [4.69, 9.17) is 5.73 Å². The van der Waals surface area contributed by atoms with Gasteiger partial charge in [-0.3, -0.25) is 4.98 Å². The van der Waals surface area contributed by atoms with Gasteiger partial charge in [0.15, 0.2) is 0 Å². The molecule has 0 spiro atoms. The van der Waals surface area contributed by atoms with Crippen LogP contribution in [0.2, 0.25) is 0 Å². The van der Waals surface area contributed by atoms with Gasteiger partial charge in [0.25, 0.3) is 0 Å². The lowest BCUT2D eigenvalue weighted by molar-refractivity contribution is 1.23. The zero-order chi connectivity index (χ0) is 13.0. The summed E-state index contributed by atoms with van der Waals surface area (Å²) < 4.78 is 0. The zero-order valence-electron chi connectivity index (χ0n) is 10.4. The average Bonchev–Trinajstić information content (AvgIpc) is 2.40. The number of thioether (sulfide) groups is 1. The molecule has 92 valence electrons. The normalized spacial score (nSPS) is 11.6. The molecule has 0 aliphatic carbocycles. The van der Waals surface area contributed by atoms with Gasteiger partial charge in [0.05, 0.1) is 5.69 Å². The molecule has 1 heterocycles. The molecule has 0 unspecified atom stereocenters. The molecule has 3 nitrogen and oxygen atoms in total. The Bertz CT molecular complexity index is 544.